The van der Waals surface area contributed by atoms with Gasteiger partial charge in [0, 0.05) is 23.4 Å². The number of amides is 1. The maximum atomic E-state index is 11.9. The lowest BCUT2D eigenvalue weighted by atomic mass is 10.1. The van der Waals surface area contributed by atoms with Crippen LogP contribution >= 0.6 is 0 Å². The molecular formula is C14H16N2O3. The van der Waals surface area contributed by atoms with Crippen LogP contribution in [0.25, 0.3) is 0 Å². The largest absolute Gasteiger partial charge is 0.496 e. The Morgan fingerprint density at radius 2 is 2.21 bits per heavy atom. The number of aryl methyl sites for hydroxylation is 1. The minimum atomic E-state index is -0.257. The zero-order valence-electron chi connectivity index (χ0n) is 10.9. The molecule has 0 radical (unpaired) electrons. The number of carbonyl (C=O) groups is 1. The number of nitrogens with one attached hydrogen (secondary N) is 1. The summed E-state index contributed by atoms with van der Waals surface area (Å²) in [4.78, 5) is 11.9. The molecule has 0 fully saturated rings. The summed E-state index contributed by atoms with van der Waals surface area (Å²) in [6.07, 6.45) is 1.49. The van der Waals surface area contributed by atoms with Crippen molar-refractivity contribution in [2.75, 3.05) is 12.8 Å². The number of hydrogen-bond acceptors (Lipinski definition) is 4. The molecule has 5 nitrogen and oxygen atoms in total. The highest BCUT2D eigenvalue weighted by Crippen LogP contribution is 2.21. The number of furan rings is 1. The first-order chi connectivity index (χ1) is 9.11. The molecule has 1 amide bonds. The standard InChI is InChI=1S/C14H16N2O3/c1-9-5-6-19-13(9)14(17)16-8-10-7-11(15)3-4-12(10)18-2/h3-7H,8,15H2,1-2H3,(H,16,17). The Morgan fingerprint density at radius 3 is 2.84 bits per heavy atom. The van der Waals surface area contributed by atoms with Gasteiger partial charge in [0.25, 0.3) is 5.91 Å². The van der Waals surface area contributed by atoms with E-state index in [2.05, 4.69) is 5.32 Å². The summed E-state index contributed by atoms with van der Waals surface area (Å²) >= 11 is 0. The SMILES string of the molecule is COc1ccc(N)cc1CNC(=O)c1occc1C. The quantitative estimate of drug-likeness (QED) is 0.825. The van der Waals surface area contributed by atoms with Crippen molar-refractivity contribution in [3.05, 3.63) is 47.4 Å². The fraction of sp³-hybridized carbons (Fsp3) is 0.214. The van der Waals surface area contributed by atoms with Crippen LogP contribution in [0.15, 0.2) is 34.9 Å². The lowest BCUT2D eigenvalue weighted by Gasteiger charge is -2.10. The fourth-order valence-corrected chi connectivity index (χ4v) is 1.80. The molecule has 0 atom stereocenters. The van der Waals surface area contributed by atoms with Crippen molar-refractivity contribution in [3.8, 4) is 5.75 Å². The van der Waals surface area contributed by atoms with E-state index in [-0.39, 0.29) is 5.91 Å². The van der Waals surface area contributed by atoms with Gasteiger partial charge in [-0.15, -0.1) is 0 Å². The van der Waals surface area contributed by atoms with Crippen LogP contribution < -0.4 is 15.8 Å². The van der Waals surface area contributed by atoms with Gasteiger partial charge in [-0.3, -0.25) is 4.79 Å². The summed E-state index contributed by atoms with van der Waals surface area (Å²) in [5, 5.41) is 2.78. The van der Waals surface area contributed by atoms with Crippen molar-refractivity contribution >= 4 is 11.6 Å². The summed E-state index contributed by atoms with van der Waals surface area (Å²) in [7, 11) is 1.58. The van der Waals surface area contributed by atoms with Crippen molar-refractivity contribution < 1.29 is 13.9 Å². The average Bonchev–Trinajstić information content (AvgIpc) is 2.82. The highest BCUT2D eigenvalue weighted by atomic mass is 16.5. The van der Waals surface area contributed by atoms with Gasteiger partial charge in [0.15, 0.2) is 5.76 Å². The summed E-state index contributed by atoms with van der Waals surface area (Å²) in [6.45, 7) is 2.15. The maximum absolute atomic E-state index is 11.9. The number of rotatable bonds is 4. The van der Waals surface area contributed by atoms with E-state index in [1.807, 2.05) is 6.92 Å². The molecule has 3 N–H and O–H groups in total. The number of nitrogen functional groups attached to an aromatic ring is 1. The van der Waals surface area contributed by atoms with Crippen LogP contribution in [-0.4, -0.2) is 13.0 Å². The van der Waals surface area contributed by atoms with Crippen LogP contribution in [0.2, 0.25) is 0 Å². The summed E-state index contributed by atoms with van der Waals surface area (Å²) < 4.78 is 10.3. The van der Waals surface area contributed by atoms with E-state index in [1.54, 1.807) is 31.4 Å². The number of hydrogen-bond donors (Lipinski definition) is 2. The molecule has 0 aliphatic carbocycles. The normalized spacial score (nSPS) is 10.2. The number of nitrogens with two attached hydrogens (primary N) is 1. The maximum Gasteiger partial charge on any atom is 0.287 e. The lowest BCUT2D eigenvalue weighted by Crippen LogP contribution is -2.23. The zero-order valence-corrected chi connectivity index (χ0v) is 10.9. The zero-order chi connectivity index (χ0) is 13.8. The fourth-order valence-electron chi connectivity index (χ4n) is 1.80. The predicted molar refractivity (Wildman–Crippen MR) is 72.0 cm³/mol. The monoisotopic (exact) mass is 260 g/mol. The summed E-state index contributed by atoms with van der Waals surface area (Å²) in [6, 6.07) is 7.04. The first-order valence-corrected chi connectivity index (χ1v) is 5.86. The Bertz CT molecular complexity index is 590. The van der Waals surface area contributed by atoms with Crippen LogP contribution in [0.3, 0.4) is 0 Å². The third kappa shape index (κ3) is 2.88. The van der Waals surface area contributed by atoms with E-state index in [0.29, 0.717) is 23.7 Å². The molecule has 0 spiro atoms. The topological polar surface area (TPSA) is 77.5 Å². The third-order valence-electron chi connectivity index (χ3n) is 2.81. The Kier molecular flexibility index (Phi) is 3.75. The van der Waals surface area contributed by atoms with Crippen molar-refractivity contribution in [3.63, 3.8) is 0 Å². The first kappa shape index (κ1) is 13.0. The van der Waals surface area contributed by atoms with Crippen molar-refractivity contribution in [1.29, 1.82) is 0 Å². The Morgan fingerprint density at radius 1 is 1.42 bits per heavy atom. The van der Waals surface area contributed by atoms with E-state index in [4.69, 9.17) is 14.9 Å². The van der Waals surface area contributed by atoms with Crippen molar-refractivity contribution in [2.45, 2.75) is 13.5 Å². The Labute approximate surface area is 111 Å². The molecule has 100 valence electrons. The van der Waals surface area contributed by atoms with Crippen LogP contribution in [0.1, 0.15) is 21.7 Å². The average molecular weight is 260 g/mol. The van der Waals surface area contributed by atoms with E-state index in [9.17, 15) is 4.79 Å². The molecule has 0 bridgehead atoms. The first-order valence-electron chi connectivity index (χ1n) is 5.86. The van der Waals surface area contributed by atoms with Gasteiger partial charge in [-0.25, -0.2) is 0 Å². The summed E-state index contributed by atoms with van der Waals surface area (Å²) in [5.41, 5.74) is 7.97. The van der Waals surface area contributed by atoms with Crippen molar-refractivity contribution in [2.24, 2.45) is 0 Å². The van der Waals surface area contributed by atoms with Crippen LogP contribution in [0, 0.1) is 6.92 Å². The molecule has 1 aromatic heterocycles. The van der Waals surface area contributed by atoms with Gasteiger partial charge in [-0.05, 0) is 31.2 Å². The molecule has 5 heteroatoms. The van der Waals surface area contributed by atoms with Gasteiger partial charge < -0.3 is 20.2 Å². The van der Waals surface area contributed by atoms with Gasteiger partial charge in [-0.2, -0.15) is 0 Å². The number of anilines is 1. The minimum Gasteiger partial charge on any atom is -0.496 e. The second-order valence-corrected chi connectivity index (χ2v) is 4.19. The van der Waals surface area contributed by atoms with Gasteiger partial charge in [0.2, 0.25) is 0 Å². The van der Waals surface area contributed by atoms with E-state index >= 15 is 0 Å². The molecule has 2 aromatic rings. The number of benzene rings is 1. The molecule has 0 aliphatic rings. The number of methoxy groups -OCH3 is 1. The van der Waals surface area contributed by atoms with Crippen LogP contribution in [0.4, 0.5) is 5.69 Å². The Hall–Kier alpha value is -2.43. The minimum absolute atomic E-state index is 0.257. The van der Waals surface area contributed by atoms with Gasteiger partial charge in [0.05, 0.1) is 13.4 Å². The Balaban J connectivity index is 2.09. The molecule has 0 aliphatic heterocycles. The molecule has 1 aromatic carbocycles. The van der Waals surface area contributed by atoms with E-state index < -0.39 is 0 Å². The smallest absolute Gasteiger partial charge is 0.287 e. The van der Waals surface area contributed by atoms with E-state index in [1.165, 1.54) is 6.26 Å². The molecule has 0 saturated heterocycles. The van der Waals surface area contributed by atoms with Gasteiger partial charge in [0.1, 0.15) is 5.75 Å². The van der Waals surface area contributed by atoms with Crippen molar-refractivity contribution in [1.82, 2.24) is 5.32 Å². The predicted octanol–water partition coefficient (Wildman–Crippen LogP) is 2.11. The molecule has 2 rings (SSSR count). The van der Waals surface area contributed by atoms with Crippen LogP contribution in [-0.2, 0) is 6.54 Å². The molecule has 19 heavy (non-hydrogen) atoms. The summed E-state index contributed by atoms with van der Waals surface area (Å²) in [5.74, 6) is 0.750. The van der Waals surface area contributed by atoms with Gasteiger partial charge in [-0.1, -0.05) is 0 Å². The molecule has 0 unspecified atom stereocenters. The molecule has 0 saturated carbocycles. The second kappa shape index (κ2) is 5.48. The van der Waals surface area contributed by atoms with Gasteiger partial charge >= 0.3 is 0 Å². The lowest BCUT2D eigenvalue weighted by molar-refractivity contribution is 0.0922. The number of ether oxygens (including phenoxy) is 1. The third-order valence-corrected chi connectivity index (χ3v) is 2.81. The molecular weight excluding hydrogens is 244 g/mol. The second-order valence-electron chi connectivity index (χ2n) is 4.19. The van der Waals surface area contributed by atoms with E-state index in [0.717, 1.165) is 11.1 Å². The number of carbonyl (C=O) groups excluding carboxylic acids is 1. The molecule has 1 heterocycles. The van der Waals surface area contributed by atoms with Crippen LogP contribution in [0.5, 0.6) is 5.75 Å². The highest BCUT2D eigenvalue weighted by molar-refractivity contribution is 5.92. The highest BCUT2D eigenvalue weighted by Gasteiger charge is 2.13.